The molecular formula is C24H24O3. The zero-order valence-electron chi connectivity index (χ0n) is 15.5. The van der Waals surface area contributed by atoms with Crippen LogP contribution in [-0.4, -0.2) is 11.1 Å². The maximum absolute atomic E-state index is 11.2. The molecule has 0 unspecified atom stereocenters. The first-order valence-electron chi connectivity index (χ1n) is 9.27. The van der Waals surface area contributed by atoms with Crippen molar-refractivity contribution in [1.82, 2.24) is 0 Å². The summed E-state index contributed by atoms with van der Waals surface area (Å²) < 4.78 is 5.89. The van der Waals surface area contributed by atoms with E-state index in [0.717, 1.165) is 48.3 Å². The quantitative estimate of drug-likeness (QED) is 0.497. The van der Waals surface area contributed by atoms with E-state index in [-0.39, 0.29) is 0 Å². The summed E-state index contributed by atoms with van der Waals surface area (Å²) in [6.07, 6.45) is 3.94. The van der Waals surface area contributed by atoms with Gasteiger partial charge in [0, 0.05) is 0 Å². The summed E-state index contributed by atoms with van der Waals surface area (Å²) in [4.78, 5) is 11.2. The van der Waals surface area contributed by atoms with E-state index < -0.39 is 5.97 Å². The normalized spacial score (nSPS) is 10.6. The van der Waals surface area contributed by atoms with Crippen LogP contribution in [0.1, 0.15) is 39.9 Å². The van der Waals surface area contributed by atoms with Crippen LogP contribution in [0, 0.1) is 6.92 Å². The lowest BCUT2D eigenvalue weighted by Crippen LogP contribution is -2.02. The number of benzene rings is 3. The van der Waals surface area contributed by atoms with Crippen molar-refractivity contribution in [2.24, 2.45) is 0 Å². The molecule has 3 rings (SSSR count). The average molecular weight is 360 g/mol. The van der Waals surface area contributed by atoms with Gasteiger partial charge < -0.3 is 9.84 Å². The summed E-state index contributed by atoms with van der Waals surface area (Å²) in [5, 5.41) is 9.23. The lowest BCUT2D eigenvalue weighted by atomic mass is 9.97. The summed E-state index contributed by atoms with van der Waals surface area (Å²) in [6, 6.07) is 23.5. The Balaban J connectivity index is 1.53. The molecule has 0 aliphatic heterocycles. The standard InChI is InChI=1S/C24H24O3/c1-18-20(12-8-16-23(18)24(25)26)11-6-5-9-19-10-7-15-22(17-19)27-21-13-3-2-4-14-21/h2-4,7-8,10,12-17H,5-6,9,11H2,1H3,(H,25,26). The van der Waals surface area contributed by atoms with Crippen molar-refractivity contribution in [3.05, 3.63) is 95.1 Å². The number of hydrogen-bond donors (Lipinski definition) is 1. The van der Waals surface area contributed by atoms with E-state index >= 15 is 0 Å². The summed E-state index contributed by atoms with van der Waals surface area (Å²) in [7, 11) is 0. The summed E-state index contributed by atoms with van der Waals surface area (Å²) in [5.41, 5.74) is 3.65. The van der Waals surface area contributed by atoms with E-state index in [4.69, 9.17) is 4.74 Å². The van der Waals surface area contributed by atoms with Crippen LogP contribution in [0.25, 0.3) is 0 Å². The van der Waals surface area contributed by atoms with Gasteiger partial charge in [0.2, 0.25) is 0 Å². The molecular weight excluding hydrogens is 336 g/mol. The molecule has 0 aliphatic rings. The number of aromatic carboxylic acids is 1. The van der Waals surface area contributed by atoms with Crippen LogP contribution in [0.5, 0.6) is 11.5 Å². The van der Waals surface area contributed by atoms with Crippen molar-refractivity contribution in [2.75, 3.05) is 0 Å². The predicted octanol–water partition coefficient (Wildman–Crippen LogP) is 6.05. The van der Waals surface area contributed by atoms with Gasteiger partial charge in [-0.1, -0.05) is 42.5 Å². The van der Waals surface area contributed by atoms with Gasteiger partial charge in [0.1, 0.15) is 11.5 Å². The van der Waals surface area contributed by atoms with E-state index in [9.17, 15) is 9.90 Å². The average Bonchev–Trinajstić information content (AvgIpc) is 2.67. The molecule has 0 spiro atoms. The molecule has 0 aliphatic carbocycles. The van der Waals surface area contributed by atoms with Gasteiger partial charge in [-0.2, -0.15) is 0 Å². The van der Waals surface area contributed by atoms with E-state index in [2.05, 4.69) is 12.1 Å². The van der Waals surface area contributed by atoms with Gasteiger partial charge in [0.25, 0.3) is 0 Å². The fraction of sp³-hybridized carbons (Fsp3) is 0.208. The Morgan fingerprint density at radius 2 is 1.56 bits per heavy atom. The highest BCUT2D eigenvalue weighted by Gasteiger charge is 2.09. The van der Waals surface area contributed by atoms with Crippen LogP contribution in [0.4, 0.5) is 0 Å². The van der Waals surface area contributed by atoms with Crippen LogP contribution < -0.4 is 4.74 Å². The van der Waals surface area contributed by atoms with Gasteiger partial charge in [0.05, 0.1) is 5.56 Å². The molecule has 0 atom stereocenters. The first kappa shape index (κ1) is 18.7. The number of para-hydroxylation sites is 1. The number of carboxylic acid groups (broad SMARTS) is 1. The molecule has 0 fully saturated rings. The molecule has 27 heavy (non-hydrogen) atoms. The number of unbranched alkanes of at least 4 members (excludes halogenated alkanes) is 1. The topological polar surface area (TPSA) is 46.5 Å². The third-order valence-electron chi connectivity index (χ3n) is 4.72. The Hall–Kier alpha value is -3.07. The van der Waals surface area contributed by atoms with Crippen molar-refractivity contribution >= 4 is 5.97 Å². The van der Waals surface area contributed by atoms with Crippen molar-refractivity contribution in [1.29, 1.82) is 0 Å². The Morgan fingerprint density at radius 1 is 0.852 bits per heavy atom. The maximum atomic E-state index is 11.2. The molecule has 0 amide bonds. The minimum atomic E-state index is -0.857. The molecule has 0 saturated carbocycles. The van der Waals surface area contributed by atoms with Crippen LogP contribution in [-0.2, 0) is 12.8 Å². The highest BCUT2D eigenvalue weighted by atomic mass is 16.5. The minimum Gasteiger partial charge on any atom is -0.478 e. The second-order valence-electron chi connectivity index (χ2n) is 6.66. The summed E-state index contributed by atoms with van der Waals surface area (Å²) in [5.74, 6) is 0.830. The zero-order chi connectivity index (χ0) is 19.1. The fourth-order valence-corrected chi connectivity index (χ4v) is 3.22. The van der Waals surface area contributed by atoms with E-state index in [1.54, 1.807) is 6.07 Å². The van der Waals surface area contributed by atoms with Crippen LogP contribution in [0.3, 0.4) is 0 Å². The number of rotatable bonds is 8. The van der Waals surface area contributed by atoms with Gasteiger partial charge in [-0.3, -0.25) is 0 Å². The van der Waals surface area contributed by atoms with E-state index in [1.807, 2.05) is 61.5 Å². The molecule has 3 aromatic carbocycles. The van der Waals surface area contributed by atoms with Crippen molar-refractivity contribution in [3.8, 4) is 11.5 Å². The summed E-state index contributed by atoms with van der Waals surface area (Å²) in [6.45, 7) is 1.89. The Labute approximate surface area is 160 Å². The SMILES string of the molecule is Cc1c(CCCCc2cccc(Oc3ccccc3)c2)cccc1C(=O)O. The Bertz CT molecular complexity index is 901. The summed E-state index contributed by atoms with van der Waals surface area (Å²) >= 11 is 0. The lowest BCUT2D eigenvalue weighted by molar-refractivity contribution is 0.0696. The molecule has 0 aromatic heterocycles. The predicted molar refractivity (Wildman–Crippen MR) is 108 cm³/mol. The molecule has 1 N–H and O–H groups in total. The smallest absolute Gasteiger partial charge is 0.335 e. The number of ether oxygens (including phenoxy) is 1. The first-order valence-corrected chi connectivity index (χ1v) is 9.27. The minimum absolute atomic E-state index is 0.401. The van der Waals surface area contributed by atoms with Crippen LogP contribution in [0.2, 0.25) is 0 Å². The molecule has 3 heteroatoms. The van der Waals surface area contributed by atoms with Gasteiger partial charge in [0.15, 0.2) is 0 Å². The second-order valence-corrected chi connectivity index (χ2v) is 6.66. The highest BCUT2D eigenvalue weighted by molar-refractivity contribution is 5.89. The Kier molecular flexibility index (Phi) is 6.26. The van der Waals surface area contributed by atoms with Gasteiger partial charge in [-0.05, 0) is 79.6 Å². The van der Waals surface area contributed by atoms with Crippen LogP contribution in [0.15, 0.2) is 72.8 Å². The van der Waals surface area contributed by atoms with Crippen molar-refractivity contribution in [2.45, 2.75) is 32.6 Å². The zero-order valence-corrected chi connectivity index (χ0v) is 15.5. The number of carbonyl (C=O) groups is 1. The monoisotopic (exact) mass is 360 g/mol. The fourth-order valence-electron chi connectivity index (χ4n) is 3.22. The number of hydrogen-bond acceptors (Lipinski definition) is 2. The second kappa shape index (κ2) is 9.04. The molecule has 0 heterocycles. The molecule has 138 valence electrons. The first-order chi connectivity index (χ1) is 13.1. The van der Waals surface area contributed by atoms with Gasteiger partial charge >= 0.3 is 5.97 Å². The van der Waals surface area contributed by atoms with Gasteiger partial charge in [-0.25, -0.2) is 4.79 Å². The number of carboxylic acids is 1. The highest BCUT2D eigenvalue weighted by Crippen LogP contribution is 2.23. The van der Waals surface area contributed by atoms with E-state index in [1.165, 1.54) is 5.56 Å². The van der Waals surface area contributed by atoms with Crippen molar-refractivity contribution < 1.29 is 14.6 Å². The van der Waals surface area contributed by atoms with E-state index in [0.29, 0.717) is 5.56 Å². The lowest BCUT2D eigenvalue weighted by Gasteiger charge is -2.09. The molecule has 3 nitrogen and oxygen atoms in total. The molecule has 0 radical (unpaired) electrons. The molecule has 0 bridgehead atoms. The Morgan fingerprint density at radius 3 is 2.33 bits per heavy atom. The number of aryl methyl sites for hydroxylation is 2. The van der Waals surface area contributed by atoms with Gasteiger partial charge in [-0.15, -0.1) is 0 Å². The third kappa shape index (κ3) is 5.20. The maximum Gasteiger partial charge on any atom is 0.335 e. The molecule has 3 aromatic rings. The molecule has 0 saturated heterocycles. The largest absolute Gasteiger partial charge is 0.478 e. The van der Waals surface area contributed by atoms with Crippen molar-refractivity contribution in [3.63, 3.8) is 0 Å². The van der Waals surface area contributed by atoms with Crippen LogP contribution >= 0.6 is 0 Å². The third-order valence-corrected chi connectivity index (χ3v) is 4.72.